The van der Waals surface area contributed by atoms with Crippen molar-refractivity contribution in [3.05, 3.63) is 39.7 Å². The van der Waals surface area contributed by atoms with Gasteiger partial charge in [-0.05, 0) is 30.9 Å². The molecular weight excluding hydrogens is 330 g/mol. The normalized spacial score (nSPS) is 11.5. The minimum Gasteiger partial charge on any atom is -0.369 e. The zero-order chi connectivity index (χ0) is 15.3. The number of anilines is 1. The van der Waals surface area contributed by atoms with Crippen LogP contribution in [0.1, 0.15) is 11.8 Å². The first-order valence-corrected chi connectivity index (χ1v) is 9.18. The molecule has 2 N–H and O–H groups in total. The fraction of sp³-hybridized carbons (Fsp3) is 0.308. The minimum atomic E-state index is -3.59. The zero-order valence-electron chi connectivity index (χ0n) is 11.5. The van der Waals surface area contributed by atoms with Gasteiger partial charge in [0.2, 0.25) is 10.0 Å². The molecule has 0 aliphatic heterocycles. The van der Waals surface area contributed by atoms with Crippen LogP contribution in [0.3, 0.4) is 0 Å². The van der Waals surface area contributed by atoms with E-state index in [1.54, 1.807) is 11.3 Å². The second kappa shape index (κ2) is 7.22. The molecule has 0 aromatic carbocycles. The van der Waals surface area contributed by atoms with Crippen molar-refractivity contribution in [2.24, 2.45) is 0 Å². The molecule has 21 heavy (non-hydrogen) atoms. The number of sulfonamides is 1. The molecule has 2 heterocycles. The fourth-order valence-corrected chi connectivity index (χ4v) is 3.72. The van der Waals surface area contributed by atoms with Gasteiger partial charge in [-0.3, -0.25) is 0 Å². The molecule has 0 aliphatic rings. The molecule has 114 valence electrons. The molecule has 0 radical (unpaired) electrons. The van der Waals surface area contributed by atoms with Crippen molar-refractivity contribution in [1.29, 1.82) is 0 Å². The van der Waals surface area contributed by atoms with E-state index in [1.807, 2.05) is 24.4 Å². The monoisotopic (exact) mass is 345 g/mol. The summed E-state index contributed by atoms with van der Waals surface area (Å²) in [6, 6.07) is 5.32. The Morgan fingerprint density at radius 2 is 2.24 bits per heavy atom. The molecule has 0 unspecified atom stereocenters. The lowest BCUT2D eigenvalue weighted by Crippen LogP contribution is -2.26. The van der Waals surface area contributed by atoms with Crippen LogP contribution in [0.5, 0.6) is 0 Å². The summed E-state index contributed by atoms with van der Waals surface area (Å²) in [7, 11) is -3.59. The Hall–Kier alpha value is -1.15. The summed E-state index contributed by atoms with van der Waals surface area (Å²) in [6.07, 6.45) is 1.96. The third kappa shape index (κ3) is 4.41. The SMILES string of the molecule is CCNc1ncc(S(=O)(=O)NCCc2cccs2)cc1Cl. The largest absolute Gasteiger partial charge is 0.369 e. The summed E-state index contributed by atoms with van der Waals surface area (Å²) in [5, 5.41) is 5.21. The first-order valence-electron chi connectivity index (χ1n) is 6.44. The van der Waals surface area contributed by atoms with E-state index >= 15 is 0 Å². The van der Waals surface area contributed by atoms with Crippen molar-refractivity contribution in [1.82, 2.24) is 9.71 Å². The summed E-state index contributed by atoms with van der Waals surface area (Å²) in [5.41, 5.74) is 0. The van der Waals surface area contributed by atoms with Crippen LogP contribution < -0.4 is 10.0 Å². The van der Waals surface area contributed by atoms with Gasteiger partial charge in [0.15, 0.2) is 0 Å². The van der Waals surface area contributed by atoms with Gasteiger partial charge in [0.25, 0.3) is 0 Å². The number of halogens is 1. The Morgan fingerprint density at radius 3 is 2.86 bits per heavy atom. The minimum absolute atomic E-state index is 0.0698. The number of nitrogens with zero attached hydrogens (tertiary/aromatic N) is 1. The van der Waals surface area contributed by atoms with Crippen LogP contribution in [0.2, 0.25) is 5.02 Å². The van der Waals surface area contributed by atoms with E-state index in [4.69, 9.17) is 11.6 Å². The van der Waals surface area contributed by atoms with E-state index < -0.39 is 10.0 Å². The molecule has 0 saturated carbocycles. The first-order chi connectivity index (χ1) is 10.0. The van der Waals surface area contributed by atoms with Crippen LogP contribution in [0.25, 0.3) is 0 Å². The summed E-state index contributed by atoms with van der Waals surface area (Å²) in [5.74, 6) is 0.483. The van der Waals surface area contributed by atoms with Crippen molar-refractivity contribution in [3.63, 3.8) is 0 Å². The maximum atomic E-state index is 12.2. The van der Waals surface area contributed by atoms with Gasteiger partial charge in [-0.25, -0.2) is 18.1 Å². The topological polar surface area (TPSA) is 71.1 Å². The van der Waals surface area contributed by atoms with Crippen LogP contribution in [-0.4, -0.2) is 26.5 Å². The van der Waals surface area contributed by atoms with E-state index in [2.05, 4.69) is 15.0 Å². The maximum Gasteiger partial charge on any atom is 0.242 e. The average molecular weight is 346 g/mol. The predicted molar refractivity (Wildman–Crippen MR) is 86.6 cm³/mol. The molecule has 2 rings (SSSR count). The number of rotatable bonds is 7. The Kier molecular flexibility index (Phi) is 5.58. The molecule has 2 aromatic heterocycles. The van der Waals surface area contributed by atoms with Crippen molar-refractivity contribution >= 4 is 38.8 Å². The highest BCUT2D eigenvalue weighted by Crippen LogP contribution is 2.22. The molecule has 0 amide bonds. The second-order valence-corrected chi connectivity index (χ2v) is 7.47. The standard InChI is InChI=1S/C13H16ClN3O2S2/c1-2-15-13-12(14)8-11(9-16-13)21(18,19)17-6-5-10-4-3-7-20-10/h3-4,7-9,17H,2,5-6H2,1H3,(H,15,16). The van der Waals surface area contributed by atoms with Gasteiger partial charge >= 0.3 is 0 Å². The lowest BCUT2D eigenvalue weighted by Gasteiger charge is -2.09. The summed E-state index contributed by atoms with van der Waals surface area (Å²) in [4.78, 5) is 5.24. The van der Waals surface area contributed by atoms with Gasteiger partial charge in [0, 0.05) is 24.2 Å². The van der Waals surface area contributed by atoms with Crippen LogP contribution in [0.4, 0.5) is 5.82 Å². The number of nitrogens with one attached hydrogen (secondary N) is 2. The third-order valence-corrected chi connectivity index (χ3v) is 5.37. The molecule has 0 spiro atoms. The number of hydrogen-bond donors (Lipinski definition) is 2. The van der Waals surface area contributed by atoms with Crippen LogP contribution in [-0.2, 0) is 16.4 Å². The average Bonchev–Trinajstić information content (AvgIpc) is 2.94. The summed E-state index contributed by atoms with van der Waals surface area (Å²) < 4.78 is 26.9. The smallest absolute Gasteiger partial charge is 0.242 e. The Morgan fingerprint density at radius 1 is 1.43 bits per heavy atom. The lowest BCUT2D eigenvalue weighted by atomic mass is 10.3. The van der Waals surface area contributed by atoms with E-state index in [0.29, 0.717) is 25.3 Å². The van der Waals surface area contributed by atoms with Crippen LogP contribution >= 0.6 is 22.9 Å². The molecule has 2 aromatic rings. The van der Waals surface area contributed by atoms with Gasteiger partial charge in [-0.15, -0.1) is 11.3 Å². The number of hydrogen-bond acceptors (Lipinski definition) is 5. The van der Waals surface area contributed by atoms with Gasteiger partial charge in [-0.1, -0.05) is 17.7 Å². The molecule has 8 heteroatoms. The third-order valence-electron chi connectivity index (χ3n) is 2.71. The van der Waals surface area contributed by atoms with Crippen molar-refractivity contribution in [2.75, 3.05) is 18.4 Å². The van der Waals surface area contributed by atoms with Crippen molar-refractivity contribution < 1.29 is 8.42 Å². The molecule has 0 fully saturated rings. The van der Waals surface area contributed by atoms with E-state index in [9.17, 15) is 8.42 Å². The Bertz CT molecular complexity index is 687. The predicted octanol–water partition coefficient (Wildman–Crippen LogP) is 2.75. The van der Waals surface area contributed by atoms with E-state index in [1.165, 1.54) is 12.3 Å². The molecule has 5 nitrogen and oxygen atoms in total. The highest BCUT2D eigenvalue weighted by atomic mass is 35.5. The second-order valence-electron chi connectivity index (χ2n) is 4.26. The lowest BCUT2D eigenvalue weighted by molar-refractivity contribution is 0.581. The Balaban J connectivity index is 2.03. The summed E-state index contributed by atoms with van der Waals surface area (Å²) >= 11 is 7.62. The highest BCUT2D eigenvalue weighted by molar-refractivity contribution is 7.89. The van der Waals surface area contributed by atoms with Crippen LogP contribution in [0.15, 0.2) is 34.7 Å². The molecule has 0 bridgehead atoms. The first kappa shape index (κ1) is 16.2. The van der Waals surface area contributed by atoms with Gasteiger partial charge in [0.1, 0.15) is 10.7 Å². The number of aromatic nitrogens is 1. The maximum absolute atomic E-state index is 12.2. The highest BCUT2D eigenvalue weighted by Gasteiger charge is 2.16. The van der Waals surface area contributed by atoms with Crippen LogP contribution in [0, 0.1) is 0 Å². The van der Waals surface area contributed by atoms with Crippen molar-refractivity contribution in [3.8, 4) is 0 Å². The van der Waals surface area contributed by atoms with Gasteiger partial charge < -0.3 is 5.32 Å². The number of thiophene rings is 1. The fourth-order valence-electron chi connectivity index (χ4n) is 1.71. The van der Waals surface area contributed by atoms with Gasteiger partial charge in [0.05, 0.1) is 5.02 Å². The number of pyridine rings is 1. The quantitative estimate of drug-likeness (QED) is 0.809. The van der Waals surface area contributed by atoms with E-state index in [0.717, 1.165) is 4.88 Å². The molecular formula is C13H16ClN3O2S2. The van der Waals surface area contributed by atoms with Gasteiger partial charge in [-0.2, -0.15) is 0 Å². The molecule has 0 saturated heterocycles. The Labute approximate surface area is 133 Å². The van der Waals surface area contributed by atoms with Crippen molar-refractivity contribution in [2.45, 2.75) is 18.2 Å². The molecule has 0 atom stereocenters. The zero-order valence-corrected chi connectivity index (χ0v) is 13.9. The summed E-state index contributed by atoms with van der Waals surface area (Å²) in [6.45, 7) is 2.92. The van der Waals surface area contributed by atoms with E-state index in [-0.39, 0.29) is 9.92 Å². The molecule has 0 aliphatic carbocycles.